The highest BCUT2D eigenvalue weighted by molar-refractivity contribution is 6.24. The third-order valence-electron chi connectivity index (χ3n) is 10.7. The Morgan fingerprint density at radius 2 is 1.66 bits per heavy atom. The molecular weight excluding hydrogens is 472 g/mol. The van der Waals surface area contributed by atoms with Crippen LogP contribution in [0.4, 0.5) is 0 Å². The molecule has 38 heavy (non-hydrogen) atoms. The Morgan fingerprint density at radius 3 is 2.42 bits per heavy atom. The summed E-state index contributed by atoms with van der Waals surface area (Å²) in [4.78, 5) is 41.5. The van der Waals surface area contributed by atoms with Crippen LogP contribution >= 0.6 is 0 Å². The lowest BCUT2D eigenvalue weighted by atomic mass is 9.57. The molecule has 4 aliphatic carbocycles. The Balaban J connectivity index is 1.40. The highest BCUT2D eigenvalue weighted by atomic mass is 16.5. The first kappa shape index (κ1) is 25.8. The lowest BCUT2D eigenvalue weighted by Crippen LogP contribution is -2.45. The first-order chi connectivity index (χ1) is 18.4. The molecule has 0 N–H and O–H groups in total. The third-order valence-corrected chi connectivity index (χ3v) is 10.7. The minimum atomic E-state index is -0.220. The number of hydrogen-bond donors (Lipinski definition) is 0. The Morgan fingerprint density at radius 1 is 0.895 bits per heavy atom. The number of rotatable bonds is 2. The maximum absolute atomic E-state index is 14.3. The molecular formula is C34H42O4. The van der Waals surface area contributed by atoms with Gasteiger partial charge in [0.2, 0.25) is 0 Å². The molecule has 0 amide bonds. The Kier molecular flexibility index (Phi) is 6.95. The number of fused-ring (bicyclic) bond motifs is 8. The Bertz CT molecular complexity index is 1190. The number of Topliss-reactive ketones (excluding diaryl/α,β-unsaturated/α-hetero) is 2. The number of allylic oxidation sites excluding steroid dienone is 4. The molecule has 2 saturated carbocycles. The molecule has 1 saturated heterocycles. The Hall–Kier alpha value is -2.49. The number of ketones is 2. The number of hydrogen-bond acceptors (Lipinski definition) is 4. The zero-order valence-electron chi connectivity index (χ0n) is 23.2. The first-order valence-corrected chi connectivity index (χ1v) is 15.2. The van der Waals surface area contributed by atoms with Crippen molar-refractivity contribution in [2.75, 3.05) is 0 Å². The molecule has 4 heteroatoms. The van der Waals surface area contributed by atoms with Crippen LogP contribution in [0, 0.1) is 54.3 Å². The molecule has 9 atom stereocenters. The standard InChI is InChI=1S/C34H42O4/c1-4-22-12-6-5-10-20(3)33(36)29-17-26-23-13-8-14-24(23)27-16-25(21-11-7-9-19(2)15-21)34(37)32(27)31(26)28(29)18-30(35)38-22/h7,9,11,15-17,20,22-24,26-28,31-32H,4-6,8,10,12-14,18H2,1-3H3/t20-,22+,23-,24?,26+,27?,28-,31-,32?/m1/s1. The topological polar surface area (TPSA) is 60.4 Å². The minimum absolute atomic E-state index is 0.00660. The number of carbonyl (C=O) groups excluding carboxylic acids is 3. The van der Waals surface area contributed by atoms with Gasteiger partial charge in [-0.1, -0.05) is 68.7 Å². The van der Waals surface area contributed by atoms with Crippen LogP contribution in [0.3, 0.4) is 0 Å². The second kappa shape index (κ2) is 10.2. The number of aryl methyl sites for hydroxylation is 1. The van der Waals surface area contributed by atoms with Crippen molar-refractivity contribution in [3.63, 3.8) is 0 Å². The highest BCUT2D eigenvalue weighted by Crippen LogP contribution is 2.63. The zero-order valence-corrected chi connectivity index (χ0v) is 23.2. The normalized spacial score (nSPS) is 39.1. The quantitative estimate of drug-likeness (QED) is 0.403. The predicted octanol–water partition coefficient (Wildman–Crippen LogP) is 6.90. The lowest BCUT2D eigenvalue weighted by molar-refractivity contribution is -0.152. The van der Waals surface area contributed by atoms with Crippen molar-refractivity contribution in [2.45, 2.75) is 84.7 Å². The van der Waals surface area contributed by atoms with E-state index in [0.717, 1.165) is 67.2 Å². The first-order valence-electron chi connectivity index (χ1n) is 15.2. The van der Waals surface area contributed by atoms with Gasteiger partial charge in [0.15, 0.2) is 11.6 Å². The fourth-order valence-corrected chi connectivity index (χ4v) is 8.90. The van der Waals surface area contributed by atoms with E-state index in [2.05, 4.69) is 51.1 Å². The fraction of sp³-hybridized carbons (Fsp3) is 0.618. The Labute approximate surface area is 227 Å². The molecule has 1 heterocycles. The van der Waals surface area contributed by atoms with Gasteiger partial charge in [0.1, 0.15) is 6.10 Å². The summed E-state index contributed by atoms with van der Waals surface area (Å²) >= 11 is 0. The smallest absolute Gasteiger partial charge is 0.306 e. The van der Waals surface area contributed by atoms with Gasteiger partial charge in [0, 0.05) is 23.3 Å². The van der Waals surface area contributed by atoms with Crippen molar-refractivity contribution in [1.29, 1.82) is 0 Å². The van der Waals surface area contributed by atoms with Gasteiger partial charge in [-0.3, -0.25) is 14.4 Å². The number of esters is 1. The molecule has 5 aliphatic rings. The molecule has 1 aromatic rings. The number of benzene rings is 1. The summed E-state index contributed by atoms with van der Waals surface area (Å²) in [5.74, 6) is 1.19. The summed E-state index contributed by atoms with van der Waals surface area (Å²) in [6.07, 6.45) is 12.7. The largest absolute Gasteiger partial charge is 0.462 e. The summed E-state index contributed by atoms with van der Waals surface area (Å²) in [5.41, 5.74) is 3.85. The average Bonchev–Trinajstić information content (AvgIpc) is 3.60. The number of cyclic esters (lactones) is 1. The molecule has 0 bridgehead atoms. The molecule has 6 rings (SSSR count). The van der Waals surface area contributed by atoms with E-state index in [1.807, 2.05) is 6.07 Å². The van der Waals surface area contributed by atoms with Crippen molar-refractivity contribution in [1.82, 2.24) is 0 Å². The van der Waals surface area contributed by atoms with Crippen molar-refractivity contribution < 1.29 is 19.1 Å². The molecule has 3 unspecified atom stereocenters. The minimum Gasteiger partial charge on any atom is -0.462 e. The van der Waals surface area contributed by atoms with Gasteiger partial charge in [-0.05, 0) is 86.2 Å². The van der Waals surface area contributed by atoms with E-state index in [1.165, 1.54) is 6.42 Å². The molecule has 4 nitrogen and oxygen atoms in total. The van der Waals surface area contributed by atoms with Gasteiger partial charge < -0.3 is 4.74 Å². The molecule has 0 radical (unpaired) electrons. The highest BCUT2D eigenvalue weighted by Gasteiger charge is 2.60. The van der Waals surface area contributed by atoms with E-state index in [-0.39, 0.29) is 65.6 Å². The molecule has 0 spiro atoms. The molecule has 1 aromatic carbocycles. The summed E-state index contributed by atoms with van der Waals surface area (Å²) < 4.78 is 5.98. The SMILES string of the molecule is CC[C@H]1CCCC[C@@H](C)C(=O)C2=C[C@@H]3[C@@H](C4C(=O)C(c5cccc(C)c5)=CC4C4CCC[C@H]43)[C@@H]2CC(=O)O1. The monoisotopic (exact) mass is 514 g/mol. The van der Waals surface area contributed by atoms with Gasteiger partial charge >= 0.3 is 5.97 Å². The van der Waals surface area contributed by atoms with Crippen LogP contribution in [-0.4, -0.2) is 23.6 Å². The van der Waals surface area contributed by atoms with Crippen LogP contribution in [0.2, 0.25) is 0 Å². The number of carbonyl (C=O) groups is 3. The van der Waals surface area contributed by atoms with Crippen LogP contribution in [0.15, 0.2) is 42.0 Å². The summed E-state index contributed by atoms with van der Waals surface area (Å²) in [6.45, 7) is 6.21. The molecule has 0 aromatic heterocycles. The summed E-state index contributed by atoms with van der Waals surface area (Å²) in [6, 6.07) is 8.27. The molecule has 1 aliphatic heterocycles. The van der Waals surface area contributed by atoms with Gasteiger partial charge in [-0.15, -0.1) is 0 Å². The van der Waals surface area contributed by atoms with Crippen LogP contribution < -0.4 is 0 Å². The average molecular weight is 515 g/mol. The maximum atomic E-state index is 14.3. The van der Waals surface area contributed by atoms with Gasteiger partial charge in [-0.25, -0.2) is 0 Å². The number of ether oxygens (including phenoxy) is 1. The van der Waals surface area contributed by atoms with E-state index < -0.39 is 0 Å². The van der Waals surface area contributed by atoms with E-state index in [1.54, 1.807) is 0 Å². The van der Waals surface area contributed by atoms with E-state index >= 15 is 0 Å². The molecule has 3 fully saturated rings. The van der Waals surface area contributed by atoms with Gasteiger partial charge in [-0.2, -0.15) is 0 Å². The lowest BCUT2D eigenvalue weighted by Gasteiger charge is -2.46. The summed E-state index contributed by atoms with van der Waals surface area (Å²) in [5, 5.41) is 0. The predicted molar refractivity (Wildman–Crippen MR) is 148 cm³/mol. The summed E-state index contributed by atoms with van der Waals surface area (Å²) in [7, 11) is 0. The maximum Gasteiger partial charge on any atom is 0.306 e. The van der Waals surface area contributed by atoms with E-state index in [4.69, 9.17) is 4.74 Å². The second-order valence-electron chi connectivity index (χ2n) is 12.8. The zero-order chi connectivity index (χ0) is 26.6. The van der Waals surface area contributed by atoms with E-state index in [0.29, 0.717) is 11.8 Å². The fourth-order valence-electron chi connectivity index (χ4n) is 8.90. The third kappa shape index (κ3) is 4.32. The van der Waals surface area contributed by atoms with Crippen LogP contribution in [-0.2, 0) is 19.1 Å². The van der Waals surface area contributed by atoms with Crippen molar-refractivity contribution in [2.24, 2.45) is 47.3 Å². The van der Waals surface area contributed by atoms with Crippen molar-refractivity contribution in [3.8, 4) is 0 Å². The van der Waals surface area contributed by atoms with Crippen LogP contribution in [0.1, 0.15) is 82.8 Å². The van der Waals surface area contributed by atoms with Crippen LogP contribution in [0.25, 0.3) is 5.57 Å². The van der Waals surface area contributed by atoms with Gasteiger partial charge in [0.05, 0.1) is 6.42 Å². The molecule has 202 valence electrons. The van der Waals surface area contributed by atoms with Crippen molar-refractivity contribution in [3.05, 3.63) is 53.1 Å². The van der Waals surface area contributed by atoms with Crippen LogP contribution in [0.5, 0.6) is 0 Å². The van der Waals surface area contributed by atoms with E-state index in [9.17, 15) is 14.4 Å². The van der Waals surface area contributed by atoms with Gasteiger partial charge in [0.25, 0.3) is 0 Å². The second-order valence-corrected chi connectivity index (χ2v) is 12.8. The van der Waals surface area contributed by atoms with Crippen molar-refractivity contribution >= 4 is 23.1 Å².